The van der Waals surface area contributed by atoms with E-state index < -0.39 is 36.0 Å². The van der Waals surface area contributed by atoms with Crippen LogP contribution >= 0.6 is 0 Å². The molecule has 0 saturated heterocycles. The number of rotatable bonds is 3. The summed E-state index contributed by atoms with van der Waals surface area (Å²) in [5, 5.41) is 0. The van der Waals surface area contributed by atoms with E-state index >= 15 is 0 Å². The summed E-state index contributed by atoms with van der Waals surface area (Å²) in [5.74, 6) is -1.85. The zero-order valence-electron chi connectivity index (χ0n) is 15.3. The third kappa shape index (κ3) is 3.07. The fourth-order valence-corrected chi connectivity index (χ4v) is 3.43. The van der Waals surface area contributed by atoms with E-state index in [1.807, 2.05) is 19.1 Å². The van der Waals surface area contributed by atoms with E-state index in [1.54, 1.807) is 13.8 Å². The lowest BCUT2D eigenvalue weighted by atomic mass is 10.0. The Labute approximate surface area is 153 Å². The Morgan fingerprint density at radius 2 is 1.81 bits per heavy atom. The maximum Gasteiger partial charge on any atom is 0.435 e. The van der Waals surface area contributed by atoms with Crippen molar-refractivity contribution in [2.75, 3.05) is 11.5 Å². The summed E-state index contributed by atoms with van der Waals surface area (Å²) < 4.78 is 46.1. The molecule has 1 amide bonds. The normalized spacial score (nSPS) is 13.9. The third-order valence-electron chi connectivity index (χ3n) is 4.29. The van der Waals surface area contributed by atoms with Crippen LogP contribution in [0.15, 0.2) is 12.1 Å². The average Bonchev–Trinajstić information content (AvgIpc) is 3.03. The molecule has 144 valence electrons. The quantitative estimate of drug-likeness (QED) is 0.761. The topological polar surface area (TPSA) is 64.4 Å². The maximum absolute atomic E-state index is 13.5. The Hall–Kier alpha value is -2.84. The second kappa shape index (κ2) is 6.40. The standard InChI is InChI=1S/C18H18F3N3O3/c1-5-27-16(26)14-15(18(19,20)21)22-17-23(14)8-12(25)24(17)13-10(3)6-9(2)7-11(13)4/h6-7H,5,8H2,1-4H3. The molecule has 1 aromatic heterocycles. The lowest BCUT2D eigenvalue weighted by Crippen LogP contribution is -2.25. The van der Waals surface area contributed by atoms with Gasteiger partial charge in [-0.05, 0) is 38.8 Å². The predicted octanol–water partition coefficient (Wildman–Crippen LogP) is 3.68. The highest BCUT2D eigenvalue weighted by molar-refractivity contribution is 6.05. The second-order valence-corrected chi connectivity index (χ2v) is 6.39. The lowest BCUT2D eigenvalue weighted by molar-refractivity contribution is -0.141. The van der Waals surface area contributed by atoms with E-state index in [2.05, 4.69) is 4.98 Å². The first-order valence-corrected chi connectivity index (χ1v) is 8.31. The minimum atomic E-state index is -4.86. The molecular weight excluding hydrogens is 363 g/mol. The van der Waals surface area contributed by atoms with Gasteiger partial charge in [-0.2, -0.15) is 13.2 Å². The molecule has 9 heteroatoms. The number of carbonyl (C=O) groups excluding carboxylic acids is 2. The molecule has 0 bridgehead atoms. The van der Waals surface area contributed by atoms with Crippen LogP contribution in [0.5, 0.6) is 0 Å². The van der Waals surface area contributed by atoms with Gasteiger partial charge in [-0.1, -0.05) is 17.7 Å². The second-order valence-electron chi connectivity index (χ2n) is 6.39. The van der Waals surface area contributed by atoms with Crippen molar-refractivity contribution in [2.24, 2.45) is 0 Å². The molecule has 0 unspecified atom stereocenters. The van der Waals surface area contributed by atoms with Crippen LogP contribution in [-0.4, -0.2) is 28.0 Å². The van der Waals surface area contributed by atoms with Crippen LogP contribution in [0.2, 0.25) is 0 Å². The molecular formula is C18H18F3N3O3. The van der Waals surface area contributed by atoms with Gasteiger partial charge in [0.25, 0.3) is 5.91 Å². The highest BCUT2D eigenvalue weighted by Crippen LogP contribution is 2.41. The van der Waals surface area contributed by atoms with Gasteiger partial charge in [0.05, 0.1) is 12.3 Å². The van der Waals surface area contributed by atoms with E-state index in [0.717, 1.165) is 26.2 Å². The summed E-state index contributed by atoms with van der Waals surface area (Å²) in [5.41, 5.74) is 0.783. The van der Waals surface area contributed by atoms with Crippen molar-refractivity contribution in [2.45, 2.75) is 40.4 Å². The molecule has 1 aromatic carbocycles. The number of anilines is 2. The van der Waals surface area contributed by atoms with Crippen molar-refractivity contribution >= 4 is 23.5 Å². The summed E-state index contributed by atoms with van der Waals surface area (Å²) in [6.45, 7) is 6.40. The molecule has 0 spiro atoms. The van der Waals surface area contributed by atoms with Gasteiger partial charge < -0.3 is 4.74 Å². The van der Waals surface area contributed by atoms with Gasteiger partial charge >= 0.3 is 12.1 Å². The van der Waals surface area contributed by atoms with Crippen LogP contribution in [0, 0.1) is 20.8 Å². The predicted molar refractivity (Wildman–Crippen MR) is 91.0 cm³/mol. The molecule has 0 fully saturated rings. The van der Waals surface area contributed by atoms with E-state index in [0.29, 0.717) is 5.69 Å². The smallest absolute Gasteiger partial charge is 0.435 e. The van der Waals surface area contributed by atoms with Gasteiger partial charge in [-0.15, -0.1) is 0 Å². The summed E-state index contributed by atoms with van der Waals surface area (Å²) >= 11 is 0. The molecule has 0 atom stereocenters. The Balaban J connectivity index is 2.24. The van der Waals surface area contributed by atoms with Crippen molar-refractivity contribution in [3.63, 3.8) is 0 Å². The summed E-state index contributed by atoms with van der Waals surface area (Å²) in [6.07, 6.45) is -4.86. The van der Waals surface area contributed by atoms with Crippen LogP contribution in [0.4, 0.5) is 24.8 Å². The fourth-order valence-electron chi connectivity index (χ4n) is 3.43. The first-order valence-electron chi connectivity index (χ1n) is 8.31. The van der Waals surface area contributed by atoms with Crippen LogP contribution < -0.4 is 4.90 Å². The number of aryl methyl sites for hydroxylation is 3. The summed E-state index contributed by atoms with van der Waals surface area (Å²) in [7, 11) is 0. The Morgan fingerprint density at radius 1 is 1.22 bits per heavy atom. The first-order chi connectivity index (χ1) is 12.6. The van der Waals surface area contributed by atoms with Gasteiger partial charge in [0.2, 0.25) is 5.95 Å². The van der Waals surface area contributed by atoms with Crippen molar-refractivity contribution in [3.05, 3.63) is 40.2 Å². The fraction of sp³-hybridized carbons (Fsp3) is 0.389. The minimum Gasteiger partial charge on any atom is -0.461 e. The Morgan fingerprint density at radius 3 is 2.33 bits per heavy atom. The van der Waals surface area contributed by atoms with Crippen molar-refractivity contribution in [1.82, 2.24) is 9.55 Å². The maximum atomic E-state index is 13.5. The zero-order chi connectivity index (χ0) is 20.1. The molecule has 2 aromatic rings. The molecule has 27 heavy (non-hydrogen) atoms. The number of aromatic nitrogens is 2. The van der Waals surface area contributed by atoms with E-state index in [4.69, 9.17) is 4.74 Å². The molecule has 0 saturated carbocycles. The number of fused-ring (bicyclic) bond motifs is 1. The third-order valence-corrected chi connectivity index (χ3v) is 4.29. The highest BCUT2D eigenvalue weighted by atomic mass is 19.4. The van der Waals surface area contributed by atoms with E-state index in [9.17, 15) is 22.8 Å². The minimum absolute atomic E-state index is 0.0928. The monoisotopic (exact) mass is 381 g/mol. The molecule has 3 rings (SSSR count). The zero-order valence-corrected chi connectivity index (χ0v) is 15.3. The first kappa shape index (κ1) is 18.9. The van der Waals surface area contributed by atoms with E-state index in [1.165, 1.54) is 6.92 Å². The number of benzene rings is 1. The Bertz CT molecular complexity index is 924. The number of hydrogen-bond donors (Lipinski definition) is 0. The van der Waals surface area contributed by atoms with Crippen LogP contribution in [0.3, 0.4) is 0 Å². The van der Waals surface area contributed by atoms with Crippen molar-refractivity contribution in [1.29, 1.82) is 0 Å². The summed E-state index contributed by atoms with van der Waals surface area (Å²) in [6, 6.07) is 3.66. The molecule has 0 radical (unpaired) electrons. The summed E-state index contributed by atoms with van der Waals surface area (Å²) in [4.78, 5) is 29.5. The highest BCUT2D eigenvalue weighted by Gasteiger charge is 2.46. The van der Waals surface area contributed by atoms with E-state index in [-0.39, 0.29) is 12.6 Å². The number of ether oxygens (including phenoxy) is 1. The van der Waals surface area contributed by atoms with Gasteiger partial charge in [-0.25, -0.2) is 14.7 Å². The lowest BCUT2D eigenvalue weighted by Gasteiger charge is -2.20. The van der Waals surface area contributed by atoms with Gasteiger partial charge in [-0.3, -0.25) is 9.36 Å². The van der Waals surface area contributed by atoms with Crippen LogP contribution in [-0.2, 0) is 22.3 Å². The van der Waals surface area contributed by atoms with Crippen molar-refractivity contribution in [3.8, 4) is 0 Å². The number of halogens is 3. The number of esters is 1. The molecule has 0 aliphatic carbocycles. The largest absolute Gasteiger partial charge is 0.461 e. The van der Waals surface area contributed by atoms with Gasteiger partial charge in [0, 0.05) is 0 Å². The average molecular weight is 381 g/mol. The number of alkyl halides is 3. The van der Waals surface area contributed by atoms with Crippen LogP contribution in [0.25, 0.3) is 0 Å². The molecule has 2 heterocycles. The number of hydrogen-bond acceptors (Lipinski definition) is 4. The van der Waals surface area contributed by atoms with Gasteiger partial charge in [0.15, 0.2) is 11.4 Å². The number of amides is 1. The molecule has 1 aliphatic rings. The van der Waals surface area contributed by atoms with Crippen molar-refractivity contribution < 1.29 is 27.5 Å². The molecule has 1 aliphatic heterocycles. The molecule has 6 nitrogen and oxygen atoms in total. The number of imidazole rings is 1. The number of nitrogens with zero attached hydrogens (tertiary/aromatic N) is 3. The van der Waals surface area contributed by atoms with Gasteiger partial charge in [0.1, 0.15) is 6.54 Å². The Kier molecular flexibility index (Phi) is 4.49. The SMILES string of the molecule is CCOC(=O)c1c(C(F)(F)F)nc2n1CC(=O)N2c1c(C)cc(C)cc1C. The molecule has 0 N–H and O–H groups in total. The van der Waals surface area contributed by atoms with Crippen LogP contribution in [0.1, 0.15) is 39.8 Å². The number of carbonyl (C=O) groups is 2.